The predicted octanol–water partition coefficient (Wildman–Crippen LogP) is 1.30. The van der Waals surface area contributed by atoms with Crippen molar-refractivity contribution in [2.75, 3.05) is 20.3 Å². The first-order valence-electron chi connectivity index (χ1n) is 5.50. The molecule has 0 amide bonds. The minimum Gasteiger partial charge on any atom is -0.466 e. The van der Waals surface area contributed by atoms with E-state index in [1.54, 1.807) is 13.8 Å². The third-order valence-electron chi connectivity index (χ3n) is 1.99. The number of ether oxygens (including phenoxy) is 3. The highest BCUT2D eigenvalue weighted by Gasteiger charge is 2.18. The van der Waals surface area contributed by atoms with Gasteiger partial charge in [-0.3, -0.25) is 4.79 Å². The number of esters is 2. The van der Waals surface area contributed by atoms with Crippen LogP contribution < -0.4 is 0 Å². The van der Waals surface area contributed by atoms with E-state index in [-0.39, 0.29) is 11.9 Å². The van der Waals surface area contributed by atoms with Gasteiger partial charge in [0.25, 0.3) is 0 Å². The molecule has 16 heavy (non-hydrogen) atoms. The third-order valence-corrected chi connectivity index (χ3v) is 1.99. The lowest BCUT2D eigenvalue weighted by molar-refractivity contribution is -0.155. The Balaban J connectivity index is 3.78. The maximum atomic E-state index is 11.3. The van der Waals surface area contributed by atoms with Gasteiger partial charge >= 0.3 is 11.9 Å². The fraction of sp³-hybridized carbons (Fsp3) is 0.818. The molecule has 0 N–H and O–H groups in total. The molecule has 1 atom stereocenters. The van der Waals surface area contributed by atoms with Crippen LogP contribution in [0.25, 0.3) is 0 Å². The Morgan fingerprint density at radius 1 is 1.12 bits per heavy atom. The van der Waals surface area contributed by atoms with Crippen LogP contribution in [-0.2, 0) is 23.8 Å². The molecule has 0 heterocycles. The zero-order chi connectivity index (χ0) is 12.4. The molecule has 94 valence electrons. The highest BCUT2D eigenvalue weighted by Crippen LogP contribution is 2.07. The maximum Gasteiger partial charge on any atom is 0.335 e. The number of carbonyl (C=O) groups is 2. The Hall–Kier alpha value is -1.10. The van der Waals surface area contributed by atoms with Crippen molar-refractivity contribution < 1.29 is 23.8 Å². The van der Waals surface area contributed by atoms with Gasteiger partial charge in [-0.05, 0) is 26.7 Å². The predicted molar refractivity (Wildman–Crippen MR) is 57.9 cm³/mol. The highest BCUT2D eigenvalue weighted by molar-refractivity contribution is 5.74. The van der Waals surface area contributed by atoms with Crippen molar-refractivity contribution in [3.05, 3.63) is 0 Å². The molecular weight excluding hydrogens is 212 g/mol. The average molecular weight is 232 g/mol. The van der Waals surface area contributed by atoms with Crippen LogP contribution in [0.15, 0.2) is 0 Å². The molecule has 0 aliphatic heterocycles. The van der Waals surface area contributed by atoms with Crippen LogP contribution in [0, 0.1) is 0 Å². The van der Waals surface area contributed by atoms with Crippen LogP contribution in [0.3, 0.4) is 0 Å². The van der Waals surface area contributed by atoms with Crippen molar-refractivity contribution in [1.29, 1.82) is 0 Å². The number of methoxy groups -OCH3 is 1. The fourth-order valence-electron chi connectivity index (χ4n) is 1.23. The van der Waals surface area contributed by atoms with Crippen molar-refractivity contribution in [1.82, 2.24) is 0 Å². The average Bonchev–Trinajstić information content (AvgIpc) is 2.25. The highest BCUT2D eigenvalue weighted by atomic mass is 16.6. The van der Waals surface area contributed by atoms with Crippen LogP contribution in [-0.4, -0.2) is 38.4 Å². The number of hydrogen-bond donors (Lipinski definition) is 0. The first-order valence-corrected chi connectivity index (χ1v) is 5.50. The molecule has 0 radical (unpaired) electrons. The summed E-state index contributed by atoms with van der Waals surface area (Å²) in [6.07, 6.45) is 0.728. The molecule has 0 saturated carbocycles. The van der Waals surface area contributed by atoms with Crippen molar-refractivity contribution >= 4 is 11.9 Å². The molecule has 5 heteroatoms. The number of rotatable bonds is 8. The summed E-state index contributed by atoms with van der Waals surface area (Å²) < 4.78 is 14.6. The smallest absolute Gasteiger partial charge is 0.335 e. The molecule has 0 rings (SSSR count). The van der Waals surface area contributed by atoms with E-state index in [0.717, 1.165) is 0 Å². The normalized spacial score (nSPS) is 11.9. The molecule has 1 unspecified atom stereocenters. The van der Waals surface area contributed by atoms with Crippen LogP contribution in [0.2, 0.25) is 0 Å². The monoisotopic (exact) mass is 232 g/mol. The zero-order valence-electron chi connectivity index (χ0n) is 10.2. The van der Waals surface area contributed by atoms with Gasteiger partial charge in [-0.2, -0.15) is 0 Å². The Morgan fingerprint density at radius 2 is 1.75 bits per heavy atom. The summed E-state index contributed by atoms with van der Waals surface area (Å²) >= 11 is 0. The van der Waals surface area contributed by atoms with Crippen molar-refractivity contribution in [2.24, 2.45) is 0 Å². The molecule has 0 spiro atoms. The lowest BCUT2D eigenvalue weighted by atomic mass is 10.1. The lowest BCUT2D eigenvalue weighted by Gasteiger charge is -2.13. The van der Waals surface area contributed by atoms with Gasteiger partial charge in [-0.1, -0.05) is 0 Å². The minimum atomic E-state index is -0.589. The molecule has 5 nitrogen and oxygen atoms in total. The van der Waals surface area contributed by atoms with Gasteiger partial charge in [0.15, 0.2) is 6.10 Å². The fourth-order valence-corrected chi connectivity index (χ4v) is 1.23. The van der Waals surface area contributed by atoms with E-state index in [2.05, 4.69) is 0 Å². The molecule has 0 aliphatic rings. The Bertz CT molecular complexity index is 214. The summed E-state index contributed by atoms with van der Waals surface area (Å²) in [4.78, 5) is 22.3. The summed E-state index contributed by atoms with van der Waals surface area (Å²) in [5.74, 6) is -0.630. The lowest BCUT2D eigenvalue weighted by Crippen LogP contribution is -2.25. The van der Waals surface area contributed by atoms with Gasteiger partial charge < -0.3 is 14.2 Å². The van der Waals surface area contributed by atoms with Gasteiger partial charge in [0, 0.05) is 13.5 Å². The summed E-state index contributed by atoms with van der Waals surface area (Å²) in [6.45, 7) is 4.21. The van der Waals surface area contributed by atoms with E-state index in [9.17, 15) is 9.59 Å². The van der Waals surface area contributed by atoms with E-state index >= 15 is 0 Å². The Labute approximate surface area is 96.1 Å². The second-order valence-corrected chi connectivity index (χ2v) is 3.17. The van der Waals surface area contributed by atoms with Crippen LogP contribution in [0.1, 0.15) is 33.1 Å². The van der Waals surface area contributed by atoms with Crippen molar-refractivity contribution in [2.45, 2.75) is 39.2 Å². The van der Waals surface area contributed by atoms with Gasteiger partial charge in [0.05, 0.1) is 13.2 Å². The largest absolute Gasteiger partial charge is 0.466 e. The van der Waals surface area contributed by atoms with Gasteiger partial charge in [0.1, 0.15) is 0 Å². The van der Waals surface area contributed by atoms with E-state index in [0.29, 0.717) is 32.5 Å². The Morgan fingerprint density at radius 3 is 2.25 bits per heavy atom. The zero-order valence-corrected chi connectivity index (χ0v) is 10.2. The topological polar surface area (TPSA) is 61.8 Å². The van der Waals surface area contributed by atoms with Crippen LogP contribution >= 0.6 is 0 Å². The first kappa shape index (κ1) is 14.9. The number of carbonyl (C=O) groups excluding carboxylic acids is 2. The van der Waals surface area contributed by atoms with Crippen molar-refractivity contribution in [3.63, 3.8) is 0 Å². The van der Waals surface area contributed by atoms with Crippen molar-refractivity contribution in [3.8, 4) is 0 Å². The molecule has 0 bridgehead atoms. The van der Waals surface area contributed by atoms with E-state index in [1.807, 2.05) is 0 Å². The van der Waals surface area contributed by atoms with Gasteiger partial charge in [-0.25, -0.2) is 4.79 Å². The summed E-state index contributed by atoms with van der Waals surface area (Å²) in [6, 6.07) is 0. The summed E-state index contributed by atoms with van der Waals surface area (Å²) in [5, 5.41) is 0. The van der Waals surface area contributed by atoms with Gasteiger partial charge in [0.2, 0.25) is 0 Å². The second-order valence-electron chi connectivity index (χ2n) is 3.17. The van der Waals surface area contributed by atoms with E-state index in [4.69, 9.17) is 14.2 Å². The quantitative estimate of drug-likeness (QED) is 0.590. The SMILES string of the molecule is CCOC(=O)CCCC(OC)C(=O)OCC. The molecule has 0 aromatic carbocycles. The molecular formula is C11H20O5. The van der Waals surface area contributed by atoms with Gasteiger partial charge in [-0.15, -0.1) is 0 Å². The van der Waals surface area contributed by atoms with E-state index < -0.39 is 6.10 Å². The Kier molecular flexibility index (Phi) is 8.52. The molecule has 0 saturated heterocycles. The molecule has 0 aromatic rings. The first-order chi connectivity index (χ1) is 7.65. The van der Waals surface area contributed by atoms with E-state index in [1.165, 1.54) is 7.11 Å². The third kappa shape index (κ3) is 6.40. The maximum absolute atomic E-state index is 11.3. The second kappa shape index (κ2) is 9.15. The summed E-state index contributed by atoms with van der Waals surface area (Å²) in [7, 11) is 1.45. The van der Waals surface area contributed by atoms with Crippen LogP contribution in [0.5, 0.6) is 0 Å². The molecule has 0 fully saturated rings. The minimum absolute atomic E-state index is 0.249. The summed E-state index contributed by atoms with van der Waals surface area (Å²) in [5.41, 5.74) is 0. The van der Waals surface area contributed by atoms with Crippen LogP contribution in [0.4, 0.5) is 0 Å². The standard InChI is InChI=1S/C11H20O5/c1-4-15-10(12)8-6-7-9(14-3)11(13)16-5-2/h9H,4-8H2,1-3H3. The molecule has 0 aliphatic carbocycles. The molecule has 0 aromatic heterocycles. The number of hydrogen-bond acceptors (Lipinski definition) is 5.